The molecule has 14 nitrogen and oxygen atoms in total. The predicted octanol–water partition coefficient (Wildman–Crippen LogP) is 10.3. The third-order valence-electron chi connectivity index (χ3n) is 19.4. The van der Waals surface area contributed by atoms with Crippen LogP contribution in [0.3, 0.4) is 0 Å². The Morgan fingerprint density at radius 1 is 0.773 bits per heavy atom. The molecule has 1 N–H and O–H groups in total. The summed E-state index contributed by atoms with van der Waals surface area (Å²) in [7, 11) is -2.69. The molecule has 0 radical (unpaired) electrons. The van der Waals surface area contributed by atoms with Gasteiger partial charge in [-0.1, -0.05) is 79.8 Å². The third-order valence-corrected chi connectivity index (χ3v) is 28.4. The summed E-state index contributed by atoms with van der Waals surface area (Å²) in [4.78, 5) is 28.4. The Labute approximate surface area is 450 Å². The van der Waals surface area contributed by atoms with Gasteiger partial charge in [0.25, 0.3) is 0 Å². The molecule has 10 rings (SSSR count). The van der Waals surface area contributed by atoms with E-state index < -0.39 is 58.9 Å². The lowest BCUT2D eigenvalue weighted by atomic mass is 9.81. The van der Waals surface area contributed by atoms with Crippen molar-refractivity contribution in [3.63, 3.8) is 0 Å². The highest BCUT2D eigenvalue weighted by Crippen LogP contribution is 2.54. The summed E-state index contributed by atoms with van der Waals surface area (Å²) in [5, 5.41) is 11.8. The van der Waals surface area contributed by atoms with E-state index in [4.69, 9.17) is 51.5 Å². The second kappa shape index (κ2) is 22.4. The number of methoxy groups -OCH3 is 1. The maximum absolute atomic E-state index is 14.8. The van der Waals surface area contributed by atoms with Gasteiger partial charge in [-0.15, -0.1) is 0 Å². The fraction of sp³-hybridized carbons (Fsp3) is 0.797. The molecule has 1 spiro atoms. The van der Waals surface area contributed by atoms with E-state index in [1.54, 1.807) is 19.2 Å². The number of carbonyl (C=O) groups excluding carboxylic acids is 2. The summed E-state index contributed by atoms with van der Waals surface area (Å²) in [6.07, 6.45) is 0.0300. The Hall–Kier alpha value is -2.17. The van der Waals surface area contributed by atoms with E-state index in [1.165, 1.54) is 0 Å². The standard InChI is InChI=1S/C59H92O14Si2/c1-34-26-39-20-22-44(61)35(2)27-41(67-56(62)37-18-16-15-17-19-37)24-25-59-32-49-52(71-59)53-54(70-49)55(72-59)51-45(69-53)23-21-40(66-51)28-38(60)29-43-47(31-46(65-39)36(34)3)68-48(50(43)63-10)30-42(73-75(13,14)58(7,8)9)33-64-74(11,12)57(4,5)6/h15-19,34,39-55,61H,2-3,20-33H2,1,4-14H3/t34?,39-,40+,41-,42?,43?,44?,45?,46+,47?,48?,49+,50+,51-,52?,53-,54+,55?,59-/m0/s1. The Kier molecular flexibility index (Phi) is 17.2. The minimum absolute atomic E-state index is 0.0201. The number of ketones is 1. The van der Waals surface area contributed by atoms with Crippen molar-refractivity contribution in [3.8, 4) is 0 Å². The summed E-state index contributed by atoms with van der Waals surface area (Å²) >= 11 is 0. The van der Waals surface area contributed by atoms with Gasteiger partial charge in [0.15, 0.2) is 22.4 Å². The van der Waals surface area contributed by atoms with Crippen LogP contribution in [0.1, 0.15) is 142 Å². The number of hydrogen-bond donors (Lipinski definition) is 1. The second-order valence-corrected chi connectivity index (χ2v) is 36.3. The molecular formula is C59H92O14Si2. The van der Waals surface area contributed by atoms with E-state index in [9.17, 15) is 14.7 Å². The van der Waals surface area contributed by atoms with Crippen LogP contribution in [-0.4, -0.2) is 151 Å². The number of esters is 1. The highest BCUT2D eigenvalue weighted by molar-refractivity contribution is 6.74. The lowest BCUT2D eigenvalue weighted by molar-refractivity contribution is -0.292. The number of rotatable bonds is 10. The molecule has 9 aliphatic heterocycles. The van der Waals surface area contributed by atoms with Crippen molar-refractivity contribution < 1.29 is 66.2 Å². The van der Waals surface area contributed by atoms with E-state index in [2.05, 4.69) is 87.8 Å². The minimum Gasteiger partial charge on any atom is -0.458 e. The van der Waals surface area contributed by atoms with E-state index in [-0.39, 0.29) is 114 Å². The molecule has 0 aromatic heterocycles. The first-order valence-electron chi connectivity index (χ1n) is 28.5. The Morgan fingerprint density at radius 2 is 1.45 bits per heavy atom. The second-order valence-electron chi connectivity index (χ2n) is 26.8. The monoisotopic (exact) mass is 1080 g/mol. The average molecular weight is 1080 g/mol. The van der Waals surface area contributed by atoms with Gasteiger partial charge in [-0.3, -0.25) is 4.79 Å². The number of ether oxygens (including phenoxy) is 9. The maximum atomic E-state index is 14.8. The number of carbonyl (C=O) groups is 2. The zero-order valence-electron chi connectivity index (χ0n) is 47.3. The van der Waals surface area contributed by atoms with Crippen molar-refractivity contribution in [1.82, 2.24) is 0 Å². The van der Waals surface area contributed by atoms with Crippen LogP contribution in [-0.2, 0) is 56.3 Å². The van der Waals surface area contributed by atoms with Gasteiger partial charge < -0.3 is 56.6 Å². The normalized spacial score (nSPS) is 40.4. The van der Waals surface area contributed by atoms with E-state index >= 15 is 0 Å². The van der Waals surface area contributed by atoms with Gasteiger partial charge in [-0.2, -0.15) is 0 Å². The molecule has 1 aromatic rings. The zero-order valence-corrected chi connectivity index (χ0v) is 49.3. The van der Waals surface area contributed by atoms with Gasteiger partial charge in [0, 0.05) is 58.0 Å². The lowest BCUT2D eigenvalue weighted by Crippen LogP contribution is -2.61. The molecule has 0 aliphatic carbocycles. The molecule has 10 bridgehead atoms. The van der Waals surface area contributed by atoms with Crippen molar-refractivity contribution in [2.45, 2.75) is 272 Å². The molecule has 9 heterocycles. The van der Waals surface area contributed by atoms with E-state index in [1.807, 2.05) is 18.2 Å². The van der Waals surface area contributed by atoms with Crippen molar-refractivity contribution in [2.24, 2.45) is 11.8 Å². The molecule has 420 valence electrons. The van der Waals surface area contributed by atoms with Gasteiger partial charge in [0.05, 0.1) is 73.2 Å². The van der Waals surface area contributed by atoms with Crippen LogP contribution in [0, 0.1) is 11.8 Å². The van der Waals surface area contributed by atoms with Crippen LogP contribution in [0.4, 0.5) is 0 Å². The van der Waals surface area contributed by atoms with Crippen LogP contribution in [0.25, 0.3) is 0 Å². The summed E-state index contributed by atoms with van der Waals surface area (Å²) in [6.45, 7) is 34.3. The molecule has 9 fully saturated rings. The topological polar surface area (TPSA) is 156 Å². The number of Topliss-reactive ketones (excluding diaryl/α,β-unsaturated/α-hetero) is 1. The van der Waals surface area contributed by atoms with Crippen LogP contribution < -0.4 is 0 Å². The Balaban J connectivity index is 1.00. The van der Waals surface area contributed by atoms with Gasteiger partial charge in [0.2, 0.25) is 0 Å². The van der Waals surface area contributed by atoms with Gasteiger partial charge in [-0.25, -0.2) is 4.79 Å². The Morgan fingerprint density at radius 3 is 2.16 bits per heavy atom. The molecule has 16 heteroatoms. The van der Waals surface area contributed by atoms with Crippen molar-refractivity contribution in [2.75, 3.05) is 13.7 Å². The summed E-state index contributed by atoms with van der Waals surface area (Å²) in [6, 6.07) is 8.96. The summed E-state index contributed by atoms with van der Waals surface area (Å²) in [5.74, 6) is -1.52. The van der Waals surface area contributed by atoms with Crippen molar-refractivity contribution in [1.29, 1.82) is 0 Å². The van der Waals surface area contributed by atoms with Crippen LogP contribution in [0.2, 0.25) is 36.3 Å². The average Bonchev–Trinajstić information content (AvgIpc) is 3.90. The molecule has 1 aromatic carbocycles. The van der Waals surface area contributed by atoms with Gasteiger partial charge >= 0.3 is 5.97 Å². The minimum atomic E-state index is -2.28. The van der Waals surface area contributed by atoms with Gasteiger partial charge in [-0.05, 0) is 104 Å². The molecule has 75 heavy (non-hydrogen) atoms. The first-order chi connectivity index (χ1) is 35.2. The SMILES string of the molecule is C=C1C[C@@H](OC(=O)c2ccccc2)CC[C@@]23C[C@H]4O[C@H]5C(O2)[C@H]2O[C@H](CCC2O[C@H]5C4O3)CC(=O)CC2C(C[C@H]3O[C@@H](CCC1O)CC(C)C3=C)OC(CC(CO[Si](C)(C)C(C)(C)C)O[Si](C)(C)C(C)(C)C)[C@@H]2OC. The van der Waals surface area contributed by atoms with Crippen molar-refractivity contribution >= 4 is 28.4 Å². The number of aliphatic hydroxyl groups excluding tert-OH is 1. The smallest absolute Gasteiger partial charge is 0.338 e. The number of fused-ring (bicyclic) bond motifs is 4. The molecular weight excluding hydrogens is 989 g/mol. The molecule has 9 aliphatic rings. The number of benzene rings is 1. The molecule has 19 atom stereocenters. The first kappa shape index (κ1) is 57.5. The lowest BCUT2D eigenvalue weighted by Gasteiger charge is -2.47. The fourth-order valence-electron chi connectivity index (χ4n) is 12.8. The number of aliphatic hydroxyl groups is 1. The first-order valence-corrected chi connectivity index (χ1v) is 34.3. The largest absolute Gasteiger partial charge is 0.458 e. The van der Waals surface area contributed by atoms with E-state index in [0.29, 0.717) is 75.5 Å². The third kappa shape index (κ3) is 12.4. The maximum Gasteiger partial charge on any atom is 0.338 e. The predicted molar refractivity (Wildman–Crippen MR) is 289 cm³/mol. The highest BCUT2D eigenvalue weighted by Gasteiger charge is 2.69. The molecule has 0 amide bonds. The molecule has 9 unspecified atom stereocenters. The zero-order chi connectivity index (χ0) is 54.0. The number of hydrogen-bond acceptors (Lipinski definition) is 14. The summed E-state index contributed by atoms with van der Waals surface area (Å²) in [5.41, 5.74) is 2.03. The quantitative estimate of drug-likeness (QED) is 0.134. The highest BCUT2D eigenvalue weighted by atomic mass is 28.4. The van der Waals surface area contributed by atoms with Crippen molar-refractivity contribution in [3.05, 3.63) is 60.2 Å². The van der Waals surface area contributed by atoms with E-state index in [0.717, 1.165) is 12.0 Å². The fourth-order valence-corrected chi connectivity index (χ4v) is 15.2. The molecule has 9 saturated heterocycles. The Bertz CT molecular complexity index is 2190. The van der Waals surface area contributed by atoms with Crippen LogP contribution >= 0.6 is 0 Å². The van der Waals surface area contributed by atoms with Crippen LogP contribution in [0.15, 0.2) is 54.6 Å². The van der Waals surface area contributed by atoms with Crippen LogP contribution in [0.5, 0.6) is 0 Å². The molecule has 0 saturated carbocycles. The summed E-state index contributed by atoms with van der Waals surface area (Å²) < 4.78 is 75.6. The van der Waals surface area contributed by atoms with Gasteiger partial charge in [0.1, 0.15) is 42.4 Å².